The molecule has 27 atom stereocenters. The van der Waals surface area contributed by atoms with Gasteiger partial charge in [0, 0.05) is 62.0 Å². The lowest BCUT2D eigenvalue weighted by Gasteiger charge is -2.64. The zero-order valence-corrected chi connectivity index (χ0v) is 52.3. The van der Waals surface area contributed by atoms with Gasteiger partial charge in [-0.2, -0.15) is 0 Å². The summed E-state index contributed by atoms with van der Waals surface area (Å²) in [5.41, 5.74) is -9.06. The van der Waals surface area contributed by atoms with E-state index in [0.717, 1.165) is 0 Å². The molecule has 0 bridgehead atoms. The van der Waals surface area contributed by atoms with Crippen LogP contribution >= 0.6 is 11.6 Å². The van der Waals surface area contributed by atoms with E-state index in [1.54, 1.807) is 75.3 Å². The van der Waals surface area contributed by atoms with Crippen LogP contribution < -0.4 is 5.32 Å². The topological polar surface area (TPSA) is 267 Å². The monoisotopic (exact) mass is 1190 g/mol. The van der Waals surface area contributed by atoms with Crippen LogP contribution in [0.2, 0.25) is 0 Å². The Bertz CT molecular complexity index is 2350. The van der Waals surface area contributed by atoms with Gasteiger partial charge >= 0.3 is 5.97 Å². The summed E-state index contributed by atoms with van der Waals surface area (Å²) in [5.74, 6) is -5.90. The molecule has 3 aliphatic heterocycles. The number of hydrogen-bond donors (Lipinski definition) is 8. The Morgan fingerprint density at radius 2 is 1.56 bits per heavy atom. The summed E-state index contributed by atoms with van der Waals surface area (Å²) in [6.07, 6.45) is -7.97. The SMILES string of the molecule is CC[C@H]1OC(=O)[C@H](C)C(O[C@@H]2C[C@](C)(OC)[C@H](O)C(C)O2)[C@H](C)C(O[C@@H]2O[C@H](C)CC(N(C)C)[C@H]2O)[C@](C)(O)C[C@@H](C)CN(CCCNC(=O)[C@@]2(O)[C@H](C)CC3C4C[C@H](F)C5=CC(=O)C=C[C@]5(C)[C@@]4(Cl)[C@@H](O)C[C@@]32C)[C@H](C)[C@@H](O)[C@]1(C)O. The van der Waals surface area contributed by atoms with Gasteiger partial charge in [-0.3, -0.25) is 19.3 Å². The first-order chi connectivity index (χ1) is 37.9. The van der Waals surface area contributed by atoms with E-state index in [1.807, 2.05) is 37.7 Å². The first-order valence-corrected chi connectivity index (χ1v) is 30.5. The standard InChI is InChI=1S/C61H101ClFN3O16/c1-17-45-59(13,75)49(70)36(7)66(22-18-21-64-54(73)61(76)32(3)23-39-40-26-42(63)41-25-38(67)19-20-55(41,9)60(40,62)44(68)28-56(39,61)10)30-31(2)27-57(11,74)51(82-53-47(69)43(65(14)15)24-33(4)78-53)34(5)48(35(6)52(72)80-45)81-46-29-58(12,77-16)50(71)37(8)79-46/h19-20,25,31-37,39-40,42-51,53,68-71,74-76H,17-18,21-24,26-30H2,1-16H3,(H,64,73)/t31-,32-,33-,34+,35-,36-,37?,39?,40?,42+,43?,44+,45-,46-,47-,48?,49-,50-,51?,53+,55+,56+,57-,58+,59-,60+,61+/m1/s1. The molecule has 4 aliphatic carbocycles. The molecule has 19 nitrogen and oxygen atoms in total. The van der Waals surface area contributed by atoms with Gasteiger partial charge in [0.2, 0.25) is 0 Å². The fourth-order valence-electron chi connectivity index (χ4n) is 16.5. The zero-order valence-electron chi connectivity index (χ0n) is 51.5. The molecule has 0 radical (unpaired) electrons. The van der Waals surface area contributed by atoms with E-state index in [1.165, 1.54) is 26.2 Å². The lowest BCUT2D eigenvalue weighted by atomic mass is 9.45. The summed E-state index contributed by atoms with van der Waals surface area (Å²) in [7, 11) is 5.19. The number of esters is 1. The normalized spacial score (nSPS) is 50.8. The Hall–Kier alpha value is -2.25. The first-order valence-electron chi connectivity index (χ1n) is 30.1. The van der Waals surface area contributed by atoms with E-state index >= 15 is 4.39 Å². The van der Waals surface area contributed by atoms with Crippen LogP contribution in [0.4, 0.5) is 4.39 Å². The highest BCUT2D eigenvalue weighted by atomic mass is 35.5. The van der Waals surface area contributed by atoms with Gasteiger partial charge in [-0.05, 0) is 149 Å². The van der Waals surface area contributed by atoms with Crippen molar-refractivity contribution < 1.29 is 82.9 Å². The third kappa shape index (κ3) is 11.8. The molecule has 0 aromatic heterocycles. The molecule has 6 fully saturated rings. The maximum atomic E-state index is 16.3. The number of nitrogens with one attached hydrogen (secondary N) is 1. The molecule has 470 valence electrons. The number of ether oxygens (including phenoxy) is 6. The second-order valence-electron chi connectivity index (χ2n) is 27.6. The maximum absolute atomic E-state index is 16.3. The van der Waals surface area contributed by atoms with Gasteiger partial charge in [-0.1, -0.05) is 47.6 Å². The third-order valence-electron chi connectivity index (χ3n) is 21.5. The molecule has 7 rings (SSSR count). The van der Waals surface area contributed by atoms with Crippen LogP contribution in [0.25, 0.3) is 0 Å². The fourth-order valence-corrected chi connectivity index (χ4v) is 17.0. The minimum absolute atomic E-state index is 0.0548. The van der Waals surface area contributed by atoms with Crippen LogP contribution in [-0.4, -0.2) is 217 Å². The van der Waals surface area contributed by atoms with Crippen LogP contribution in [0.3, 0.4) is 0 Å². The molecule has 0 spiro atoms. The van der Waals surface area contributed by atoms with E-state index < -0.39 is 153 Å². The highest BCUT2D eigenvalue weighted by Gasteiger charge is 2.76. The number of likely N-dealkylation sites (N-methyl/N-ethyl adjacent to an activating group) is 1. The highest BCUT2D eigenvalue weighted by Crippen LogP contribution is 2.71. The molecule has 3 heterocycles. The number of allylic oxidation sites excluding steroid dienone is 4. The summed E-state index contributed by atoms with van der Waals surface area (Å²) in [4.78, 5) is 44.3. The van der Waals surface area contributed by atoms with Crippen molar-refractivity contribution >= 4 is 29.3 Å². The number of rotatable bonds is 12. The quantitative estimate of drug-likeness (QED) is 0.0767. The Morgan fingerprint density at radius 3 is 2.18 bits per heavy atom. The van der Waals surface area contributed by atoms with E-state index in [-0.39, 0.29) is 87.6 Å². The van der Waals surface area contributed by atoms with E-state index in [9.17, 15) is 50.1 Å². The molecule has 7 aliphatic rings. The van der Waals surface area contributed by atoms with Gasteiger partial charge in [0.15, 0.2) is 24.0 Å². The number of halogens is 2. The van der Waals surface area contributed by atoms with Gasteiger partial charge in [0.1, 0.15) is 36.2 Å². The molecule has 3 saturated heterocycles. The maximum Gasteiger partial charge on any atom is 0.311 e. The molecule has 0 aromatic carbocycles. The second-order valence-corrected chi connectivity index (χ2v) is 28.2. The number of carbonyl (C=O) groups excluding carboxylic acids is 3. The fraction of sp³-hybridized carbons (Fsp3) is 0.885. The van der Waals surface area contributed by atoms with Crippen molar-refractivity contribution in [3.63, 3.8) is 0 Å². The smallest absolute Gasteiger partial charge is 0.311 e. The van der Waals surface area contributed by atoms with Crippen LogP contribution in [0.15, 0.2) is 23.8 Å². The average molecular weight is 1190 g/mol. The van der Waals surface area contributed by atoms with Crippen molar-refractivity contribution in [2.75, 3.05) is 40.8 Å². The summed E-state index contributed by atoms with van der Waals surface area (Å²) >= 11 is 7.57. The van der Waals surface area contributed by atoms with Crippen molar-refractivity contribution in [3.05, 3.63) is 23.8 Å². The predicted molar refractivity (Wildman–Crippen MR) is 304 cm³/mol. The molecule has 1 amide bonds. The number of fused-ring (bicyclic) bond motifs is 5. The molecule has 0 aromatic rings. The van der Waals surface area contributed by atoms with E-state index in [2.05, 4.69) is 5.32 Å². The molecule has 3 saturated carbocycles. The van der Waals surface area contributed by atoms with Gasteiger partial charge < -0.3 is 74.4 Å². The largest absolute Gasteiger partial charge is 0.459 e. The molecule has 6 unspecified atom stereocenters. The molecular formula is C61H101ClFN3O16. The molecular weight excluding hydrogens is 1090 g/mol. The van der Waals surface area contributed by atoms with Crippen molar-refractivity contribution in [3.8, 4) is 0 Å². The number of cyclic esters (lactones) is 1. The lowest BCUT2D eigenvalue weighted by Crippen LogP contribution is -2.70. The first kappa shape index (κ1) is 67.3. The Kier molecular flexibility index (Phi) is 20.3. The van der Waals surface area contributed by atoms with Crippen molar-refractivity contribution in [1.82, 2.24) is 15.1 Å². The van der Waals surface area contributed by atoms with Gasteiger partial charge in [0.25, 0.3) is 5.91 Å². The van der Waals surface area contributed by atoms with Crippen molar-refractivity contribution in [2.24, 2.45) is 46.3 Å². The number of methoxy groups -OCH3 is 1. The van der Waals surface area contributed by atoms with Crippen LogP contribution in [-0.2, 0) is 42.8 Å². The minimum Gasteiger partial charge on any atom is -0.459 e. The number of alkyl halides is 2. The minimum atomic E-state index is -2.02. The van der Waals surface area contributed by atoms with Gasteiger partial charge in [0.05, 0.1) is 52.5 Å². The number of aliphatic hydroxyl groups is 7. The number of hydrogen-bond acceptors (Lipinski definition) is 18. The van der Waals surface area contributed by atoms with Gasteiger partial charge in [-0.15, -0.1) is 11.6 Å². The number of carbonyl (C=O) groups is 3. The Morgan fingerprint density at radius 1 is 0.902 bits per heavy atom. The molecule has 21 heteroatoms. The number of nitrogens with zero attached hydrogens (tertiary/aromatic N) is 2. The number of amides is 1. The van der Waals surface area contributed by atoms with Crippen LogP contribution in [0.1, 0.15) is 141 Å². The van der Waals surface area contributed by atoms with Gasteiger partial charge in [-0.25, -0.2) is 4.39 Å². The number of ketones is 1. The zero-order chi connectivity index (χ0) is 61.4. The van der Waals surface area contributed by atoms with Crippen LogP contribution in [0.5, 0.6) is 0 Å². The molecule has 8 N–H and O–H groups in total. The number of aliphatic hydroxyl groups excluding tert-OH is 4. The van der Waals surface area contributed by atoms with Crippen LogP contribution in [0, 0.1) is 46.3 Å². The third-order valence-corrected chi connectivity index (χ3v) is 22.4. The summed E-state index contributed by atoms with van der Waals surface area (Å²) < 4.78 is 54.5. The Balaban J connectivity index is 1.16. The average Bonchev–Trinajstić information content (AvgIpc) is 2.67. The van der Waals surface area contributed by atoms with E-state index in [0.29, 0.717) is 12.8 Å². The predicted octanol–water partition coefficient (Wildman–Crippen LogP) is 4.34. The summed E-state index contributed by atoms with van der Waals surface area (Å²) in [6, 6.07) is -1.18. The highest BCUT2D eigenvalue weighted by molar-refractivity contribution is 6.26. The van der Waals surface area contributed by atoms with Crippen molar-refractivity contribution in [1.29, 1.82) is 0 Å². The second kappa shape index (κ2) is 24.7. The summed E-state index contributed by atoms with van der Waals surface area (Å²) in [5, 5.41) is 88.7. The summed E-state index contributed by atoms with van der Waals surface area (Å²) in [6.45, 7) is 23.0. The lowest BCUT2D eigenvalue weighted by molar-refractivity contribution is -0.318. The van der Waals surface area contributed by atoms with E-state index in [4.69, 9.17) is 40.0 Å². The molecule has 82 heavy (non-hydrogen) atoms. The Labute approximate surface area is 490 Å². The van der Waals surface area contributed by atoms with Crippen molar-refractivity contribution in [2.45, 2.75) is 254 Å².